The Morgan fingerprint density at radius 1 is 0.949 bits per heavy atom. The minimum Gasteiger partial charge on any atom is -0.506 e. The largest absolute Gasteiger partial charge is 0.506 e. The molecule has 2 amide bonds. The van der Waals surface area contributed by atoms with Gasteiger partial charge in [0, 0.05) is 12.3 Å². The first kappa shape index (κ1) is 28.4. The number of nitrogens with one attached hydrogen (secondary N) is 2. The minimum absolute atomic E-state index is 0.00729. The standard InChI is InChI=1S/C26H21Cl3N4O5S/c1-14-3-5-18(6-4-14)39(37,38)13-24(35)31-21-10-23(34)22(9-19(21)27)32-26(36)16-11-30-33(12-16)17-7-15(2)25(29)20(28)8-17/h3-12,34H,13H2,1-2H3,(H,31,35)(H,32,36). The molecule has 0 radical (unpaired) electrons. The Balaban J connectivity index is 1.45. The lowest BCUT2D eigenvalue weighted by molar-refractivity contribution is -0.113. The van der Waals surface area contributed by atoms with Gasteiger partial charge in [-0.05, 0) is 49.7 Å². The fourth-order valence-corrected chi connectivity index (χ4v) is 5.28. The van der Waals surface area contributed by atoms with E-state index < -0.39 is 33.2 Å². The molecule has 4 aromatic rings. The number of aromatic nitrogens is 2. The Morgan fingerprint density at radius 2 is 1.64 bits per heavy atom. The van der Waals surface area contributed by atoms with Crippen molar-refractivity contribution in [2.24, 2.45) is 0 Å². The summed E-state index contributed by atoms with van der Waals surface area (Å²) in [6.45, 7) is 3.60. The van der Waals surface area contributed by atoms with Crippen LogP contribution in [0.4, 0.5) is 11.4 Å². The molecule has 0 spiro atoms. The molecule has 0 fully saturated rings. The van der Waals surface area contributed by atoms with Crippen molar-refractivity contribution < 1.29 is 23.1 Å². The highest BCUT2D eigenvalue weighted by Crippen LogP contribution is 2.34. The first-order valence-electron chi connectivity index (χ1n) is 11.3. The first-order valence-corrected chi connectivity index (χ1v) is 14.1. The van der Waals surface area contributed by atoms with Crippen LogP contribution < -0.4 is 10.6 Å². The number of benzene rings is 3. The van der Waals surface area contributed by atoms with Crippen LogP contribution in [0.2, 0.25) is 15.1 Å². The second kappa shape index (κ2) is 11.3. The first-order chi connectivity index (χ1) is 18.3. The molecule has 1 aromatic heterocycles. The van der Waals surface area contributed by atoms with Crippen molar-refractivity contribution >= 4 is 67.8 Å². The molecule has 0 aliphatic carbocycles. The maximum absolute atomic E-state index is 12.8. The Morgan fingerprint density at radius 3 is 2.31 bits per heavy atom. The maximum atomic E-state index is 12.8. The summed E-state index contributed by atoms with van der Waals surface area (Å²) in [6, 6.07) is 11.8. The van der Waals surface area contributed by atoms with Gasteiger partial charge in [-0.15, -0.1) is 0 Å². The van der Waals surface area contributed by atoms with Crippen molar-refractivity contribution in [2.45, 2.75) is 18.7 Å². The number of carbonyl (C=O) groups excluding carboxylic acids is 2. The fourth-order valence-electron chi connectivity index (χ4n) is 3.56. The van der Waals surface area contributed by atoms with Crippen LogP contribution in [0.1, 0.15) is 21.5 Å². The molecule has 9 nitrogen and oxygen atoms in total. The summed E-state index contributed by atoms with van der Waals surface area (Å²) in [5.41, 5.74) is 2.32. The average molecular weight is 608 g/mol. The van der Waals surface area contributed by atoms with E-state index in [1.165, 1.54) is 35.3 Å². The topological polar surface area (TPSA) is 130 Å². The maximum Gasteiger partial charge on any atom is 0.258 e. The van der Waals surface area contributed by atoms with Crippen molar-refractivity contribution in [3.8, 4) is 11.4 Å². The number of aryl methyl sites for hydroxylation is 2. The number of rotatable bonds is 7. The number of hydrogen-bond donors (Lipinski definition) is 3. The van der Waals surface area contributed by atoms with Crippen molar-refractivity contribution in [3.63, 3.8) is 0 Å². The number of hydrogen-bond acceptors (Lipinski definition) is 6. The number of amides is 2. The molecule has 0 bridgehead atoms. The predicted molar refractivity (Wildman–Crippen MR) is 151 cm³/mol. The Hall–Kier alpha value is -3.57. The molecule has 0 aliphatic heterocycles. The third-order valence-corrected chi connectivity index (χ3v) is 8.45. The molecule has 0 saturated heterocycles. The summed E-state index contributed by atoms with van der Waals surface area (Å²) in [7, 11) is -3.90. The van der Waals surface area contributed by atoms with Crippen LogP contribution in [-0.2, 0) is 14.6 Å². The van der Waals surface area contributed by atoms with Crippen LogP contribution in [-0.4, -0.2) is 40.9 Å². The summed E-state index contributed by atoms with van der Waals surface area (Å²) in [5.74, 6) is -2.67. The number of nitrogens with zero attached hydrogens (tertiary/aromatic N) is 2. The molecule has 4 rings (SSSR count). The Kier molecular flexibility index (Phi) is 8.22. The molecular formula is C26H21Cl3N4O5S. The highest BCUT2D eigenvalue weighted by atomic mass is 35.5. The zero-order chi connectivity index (χ0) is 28.5. The lowest BCUT2D eigenvalue weighted by Crippen LogP contribution is -2.23. The number of phenolic OH excluding ortho intramolecular Hbond substituents is 1. The van der Waals surface area contributed by atoms with E-state index in [2.05, 4.69) is 15.7 Å². The van der Waals surface area contributed by atoms with E-state index in [1.54, 1.807) is 31.2 Å². The number of sulfone groups is 1. The van der Waals surface area contributed by atoms with Gasteiger partial charge in [0.25, 0.3) is 5.91 Å². The zero-order valence-corrected chi connectivity index (χ0v) is 23.6. The molecule has 13 heteroatoms. The summed E-state index contributed by atoms with van der Waals surface area (Å²) >= 11 is 18.5. The lowest BCUT2D eigenvalue weighted by atomic mass is 10.2. The summed E-state index contributed by atoms with van der Waals surface area (Å²) < 4.78 is 26.5. The summed E-state index contributed by atoms with van der Waals surface area (Å²) in [5, 5.41) is 20.2. The predicted octanol–water partition coefficient (Wildman–Crippen LogP) is 5.82. The van der Waals surface area contributed by atoms with Crippen molar-refractivity contribution in [1.29, 1.82) is 0 Å². The SMILES string of the molecule is Cc1ccc(S(=O)(=O)CC(=O)Nc2cc(O)c(NC(=O)c3cnn(-c4cc(C)c(Cl)c(Cl)c4)c3)cc2Cl)cc1. The second-order valence-electron chi connectivity index (χ2n) is 8.66. The van der Waals surface area contributed by atoms with E-state index in [1.807, 2.05) is 6.92 Å². The highest BCUT2D eigenvalue weighted by Gasteiger charge is 2.21. The zero-order valence-electron chi connectivity index (χ0n) is 20.5. The van der Waals surface area contributed by atoms with E-state index in [0.717, 1.165) is 17.2 Å². The summed E-state index contributed by atoms with van der Waals surface area (Å²) in [6.07, 6.45) is 2.80. The van der Waals surface area contributed by atoms with E-state index in [9.17, 15) is 23.1 Å². The van der Waals surface area contributed by atoms with Crippen molar-refractivity contribution in [1.82, 2.24) is 9.78 Å². The summed E-state index contributed by atoms with van der Waals surface area (Å²) in [4.78, 5) is 25.2. The Labute approximate surface area is 239 Å². The number of halogens is 3. The third kappa shape index (κ3) is 6.54. The van der Waals surface area contributed by atoms with Gasteiger partial charge in [-0.25, -0.2) is 13.1 Å². The molecule has 0 saturated carbocycles. The lowest BCUT2D eigenvalue weighted by Gasteiger charge is -2.12. The molecule has 1 heterocycles. The minimum atomic E-state index is -3.90. The normalized spacial score (nSPS) is 11.3. The van der Waals surface area contributed by atoms with Crippen LogP contribution in [0, 0.1) is 13.8 Å². The monoisotopic (exact) mass is 606 g/mol. The smallest absolute Gasteiger partial charge is 0.258 e. The molecular weight excluding hydrogens is 587 g/mol. The Bertz CT molecular complexity index is 1680. The van der Waals surface area contributed by atoms with Gasteiger partial charge < -0.3 is 15.7 Å². The van der Waals surface area contributed by atoms with E-state index >= 15 is 0 Å². The van der Waals surface area contributed by atoms with Gasteiger partial charge >= 0.3 is 0 Å². The molecule has 0 aliphatic rings. The van der Waals surface area contributed by atoms with Gasteiger partial charge in [0.2, 0.25) is 5.91 Å². The van der Waals surface area contributed by atoms with Crippen LogP contribution >= 0.6 is 34.8 Å². The van der Waals surface area contributed by atoms with Crippen LogP contribution in [0.25, 0.3) is 5.69 Å². The van der Waals surface area contributed by atoms with Crippen molar-refractivity contribution in [2.75, 3.05) is 16.4 Å². The molecule has 0 unspecified atom stereocenters. The fraction of sp³-hybridized carbons (Fsp3) is 0.115. The number of anilines is 2. The van der Waals surface area contributed by atoms with Gasteiger partial charge in [0.05, 0.1) is 48.8 Å². The van der Waals surface area contributed by atoms with E-state index in [0.29, 0.717) is 15.7 Å². The van der Waals surface area contributed by atoms with Gasteiger partial charge in [-0.3, -0.25) is 9.59 Å². The molecule has 3 N–H and O–H groups in total. The van der Waals surface area contributed by atoms with E-state index in [-0.39, 0.29) is 26.9 Å². The second-order valence-corrected chi connectivity index (χ2v) is 11.8. The number of carbonyl (C=O) groups is 2. The molecule has 3 aromatic carbocycles. The van der Waals surface area contributed by atoms with Gasteiger partial charge in [0.1, 0.15) is 11.5 Å². The van der Waals surface area contributed by atoms with Crippen molar-refractivity contribution in [3.05, 3.63) is 92.7 Å². The van der Waals surface area contributed by atoms with Crippen LogP contribution in [0.3, 0.4) is 0 Å². The highest BCUT2D eigenvalue weighted by molar-refractivity contribution is 7.92. The molecule has 202 valence electrons. The van der Waals surface area contributed by atoms with Gasteiger partial charge in [-0.2, -0.15) is 5.10 Å². The van der Waals surface area contributed by atoms with Gasteiger partial charge in [-0.1, -0.05) is 52.5 Å². The van der Waals surface area contributed by atoms with E-state index in [4.69, 9.17) is 34.8 Å². The number of aromatic hydroxyl groups is 1. The average Bonchev–Trinajstić information content (AvgIpc) is 3.36. The van der Waals surface area contributed by atoms with Crippen LogP contribution in [0.5, 0.6) is 5.75 Å². The van der Waals surface area contributed by atoms with Crippen LogP contribution in [0.15, 0.2) is 65.8 Å². The third-order valence-electron chi connectivity index (χ3n) is 5.61. The molecule has 39 heavy (non-hydrogen) atoms. The quantitative estimate of drug-likeness (QED) is 0.227. The van der Waals surface area contributed by atoms with Gasteiger partial charge in [0.15, 0.2) is 9.84 Å². The number of phenols is 1. The molecule has 0 atom stereocenters.